The standard InChI is InChI=1S/C31H38FIN2O7/c1-41-27-13-20(18-37)12-24(33)30(27)42-26-16-22(31(40)34-10-11-36)15-25(29(26)39)35(17-21-8-4-5-9-23(21)32)28(38)14-19-6-2-3-7-19/h4-5,8-9,12-13,16,19,25-26,29,36-37,39H,2-3,6-7,10-11,14-15,17-18H2,1H3,(H,34,40)/t25-,26+,29+/m1/s1. The second-order valence-electron chi connectivity index (χ2n) is 10.8. The van der Waals surface area contributed by atoms with Crippen LogP contribution in [-0.2, 0) is 22.7 Å². The Hall–Kier alpha value is -2.74. The van der Waals surface area contributed by atoms with E-state index in [0.29, 0.717) is 26.2 Å². The largest absolute Gasteiger partial charge is 0.493 e. The van der Waals surface area contributed by atoms with Crippen LogP contribution in [0, 0.1) is 15.3 Å². The number of halogens is 2. The molecule has 228 valence electrons. The fourth-order valence-electron chi connectivity index (χ4n) is 5.67. The summed E-state index contributed by atoms with van der Waals surface area (Å²) in [5.74, 6) is -0.281. The van der Waals surface area contributed by atoms with Gasteiger partial charge in [-0.1, -0.05) is 31.0 Å². The topological polar surface area (TPSA) is 129 Å². The number of aliphatic hydroxyl groups is 3. The molecule has 2 aromatic carbocycles. The first kappa shape index (κ1) is 32.2. The number of rotatable bonds is 12. The van der Waals surface area contributed by atoms with Gasteiger partial charge in [-0.2, -0.15) is 0 Å². The van der Waals surface area contributed by atoms with E-state index in [1.807, 2.05) is 22.6 Å². The minimum Gasteiger partial charge on any atom is -0.493 e. The highest BCUT2D eigenvalue weighted by Crippen LogP contribution is 2.38. The first-order valence-electron chi connectivity index (χ1n) is 14.2. The maximum absolute atomic E-state index is 14.8. The Morgan fingerprint density at radius 1 is 1.17 bits per heavy atom. The van der Waals surface area contributed by atoms with Crippen LogP contribution in [0.3, 0.4) is 0 Å². The van der Waals surface area contributed by atoms with Crippen LogP contribution >= 0.6 is 22.6 Å². The molecule has 0 aromatic heterocycles. The highest BCUT2D eigenvalue weighted by Gasteiger charge is 2.41. The monoisotopic (exact) mass is 696 g/mol. The van der Waals surface area contributed by atoms with Crippen molar-refractivity contribution in [2.45, 2.75) is 69.9 Å². The van der Waals surface area contributed by atoms with Crippen LogP contribution < -0.4 is 14.8 Å². The molecule has 1 saturated carbocycles. The van der Waals surface area contributed by atoms with Gasteiger partial charge in [0.05, 0.1) is 29.9 Å². The van der Waals surface area contributed by atoms with Crippen LogP contribution in [0.5, 0.6) is 11.5 Å². The normalized spacial score (nSPS) is 20.6. The first-order valence-corrected chi connectivity index (χ1v) is 15.3. The van der Waals surface area contributed by atoms with Gasteiger partial charge >= 0.3 is 0 Å². The van der Waals surface area contributed by atoms with E-state index < -0.39 is 30.0 Å². The van der Waals surface area contributed by atoms with Gasteiger partial charge in [0.25, 0.3) is 0 Å². The van der Waals surface area contributed by atoms with E-state index in [2.05, 4.69) is 5.32 Å². The van der Waals surface area contributed by atoms with Gasteiger partial charge in [-0.15, -0.1) is 0 Å². The average Bonchev–Trinajstić information content (AvgIpc) is 3.50. The van der Waals surface area contributed by atoms with Crippen LogP contribution in [0.2, 0.25) is 0 Å². The van der Waals surface area contributed by atoms with Gasteiger partial charge in [0.2, 0.25) is 11.8 Å². The zero-order valence-corrected chi connectivity index (χ0v) is 25.8. The summed E-state index contributed by atoms with van der Waals surface area (Å²) in [6.07, 6.45) is 3.46. The Morgan fingerprint density at radius 2 is 1.90 bits per heavy atom. The maximum atomic E-state index is 14.8. The van der Waals surface area contributed by atoms with Gasteiger partial charge in [-0.05, 0) is 71.2 Å². The third-order valence-corrected chi connectivity index (χ3v) is 8.70. The van der Waals surface area contributed by atoms with Gasteiger partial charge in [0.1, 0.15) is 18.0 Å². The number of ether oxygens (including phenoxy) is 2. The van der Waals surface area contributed by atoms with Crippen LogP contribution in [0.25, 0.3) is 0 Å². The summed E-state index contributed by atoms with van der Waals surface area (Å²) < 4.78 is 27.2. The number of hydrogen-bond acceptors (Lipinski definition) is 7. The average molecular weight is 697 g/mol. The molecule has 2 aliphatic rings. The quantitative estimate of drug-likeness (QED) is 0.251. The van der Waals surface area contributed by atoms with Crippen molar-refractivity contribution in [3.05, 3.63) is 68.6 Å². The Bertz CT molecular complexity index is 1280. The molecule has 2 amide bonds. The van der Waals surface area contributed by atoms with E-state index in [-0.39, 0.29) is 56.5 Å². The van der Waals surface area contributed by atoms with Gasteiger partial charge in [0.15, 0.2) is 11.5 Å². The molecule has 0 aliphatic heterocycles. The van der Waals surface area contributed by atoms with E-state index in [4.69, 9.17) is 9.47 Å². The molecule has 0 radical (unpaired) electrons. The van der Waals surface area contributed by atoms with Crippen molar-refractivity contribution in [2.24, 2.45) is 5.92 Å². The zero-order chi connectivity index (χ0) is 30.2. The number of hydrogen-bond donors (Lipinski definition) is 4. The van der Waals surface area contributed by atoms with Crippen molar-refractivity contribution >= 4 is 34.4 Å². The SMILES string of the molecule is COc1cc(CO)cc(I)c1O[C@H]1C=C(C(=O)NCCO)C[C@@H](N(Cc2ccccc2F)C(=O)CC2CCCC2)[C@@H]1O. The molecule has 0 saturated heterocycles. The predicted octanol–water partition coefficient (Wildman–Crippen LogP) is 3.46. The molecule has 9 nitrogen and oxygen atoms in total. The molecule has 0 heterocycles. The summed E-state index contributed by atoms with van der Waals surface area (Å²) in [5, 5.41) is 33.3. The van der Waals surface area contributed by atoms with Crippen molar-refractivity contribution in [3.8, 4) is 11.5 Å². The smallest absolute Gasteiger partial charge is 0.247 e. The molecule has 11 heteroatoms. The van der Waals surface area contributed by atoms with Crippen molar-refractivity contribution in [3.63, 3.8) is 0 Å². The number of benzene rings is 2. The summed E-state index contributed by atoms with van der Waals surface area (Å²) in [6.45, 7) is -0.506. The lowest BCUT2D eigenvalue weighted by Crippen LogP contribution is -2.55. The number of amides is 2. The van der Waals surface area contributed by atoms with Crippen LogP contribution in [0.1, 0.15) is 49.7 Å². The predicted molar refractivity (Wildman–Crippen MR) is 162 cm³/mol. The minimum atomic E-state index is -1.27. The third-order valence-electron chi connectivity index (χ3n) is 7.90. The van der Waals surface area contributed by atoms with E-state index in [0.717, 1.165) is 25.7 Å². The molecule has 2 aliphatic carbocycles. The highest BCUT2D eigenvalue weighted by molar-refractivity contribution is 14.1. The van der Waals surface area contributed by atoms with Crippen molar-refractivity contribution in [1.82, 2.24) is 10.2 Å². The number of carbonyl (C=O) groups excluding carboxylic acids is 2. The molecule has 2 aromatic rings. The summed E-state index contributed by atoms with van der Waals surface area (Å²) in [4.78, 5) is 28.5. The number of carbonyl (C=O) groups is 2. The Balaban J connectivity index is 1.72. The molecule has 0 bridgehead atoms. The Labute approximate surface area is 258 Å². The summed E-state index contributed by atoms with van der Waals surface area (Å²) >= 11 is 2.04. The van der Waals surface area contributed by atoms with E-state index >= 15 is 0 Å². The Morgan fingerprint density at radius 3 is 2.57 bits per heavy atom. The summed E-state index contributed by atoms with van der Waals surface area (Å²) in [5.41, 5.74) is 1.19. The Kier molecular flexibility index (Phi) is 11.6. The van der Waals surface area contributed by atoms with E-state index in [1.54, 1.807) is 30.3 Å². The number of nitrogens with zero attached hydrogens (tertiary/aromatic N) is 1. The highest BCUT2D eigenvalue weighted by atomic mass is 127. The lowest BCUT2D eigenvalue weighted by atomic mass is 9.87. The first-order chi connectivity index (χ1) is 20.2. The zero-order valence-electron chi connectivity index (χ0n) is 23.6. The second-order valence-corrected chi connectivity index (χ2v) is 11.9. The van der Waals surface area contributed by atoms with Gasteiger partial charge in [-0.25, -0.2) is 4.39 Å². The summed E-state index contributed by atoms with van der Waals surface area (Å²) in [7, 11) is 1.46. The fourth-order valence-corrected chi connectivity index (χ4v) is 6.47. The van der Waals surface area contributed by atoms with E-state index in [1.165, 1.54) is 24.2 Å². The molecule has 42 heavy (non-hydrogen) atoms. The molecule has 4 N–H and O–H groups in total. The lowest BCUT2D eigenvalue weighted by Gasteiger charge is -2.41. The van der Waals surface area contributed by atoms with Crippen LogP contribution in [-0.4, -0.2) is 70.5 Å². The van der Waals surface area contributed by atoms with Crippen molar-refractivity contribution < 1.29 is 38.8 Å². The van der Waals surface area contributed by atoms with Gasteiger partial charge in [0, 0.05) is 37.1 Å². The fraction of sp³-hybridized carbons (Fsp3) is 0.484. The maximum Gasteiger partial charge on any atom is 0.247 e. The van der Waals surface area contributed by atoms with E-state index in [9.17, 15) is 29.3 Å². The van der Waals surface area contributed by atoms with Gasteiger partial charge in [-0.3, -0.25) is 9.59 Å². The molecule has 0 unspecified atom stereocenters. The van der Waals surface area contributed by atoms with Gasteiger partial charge < -0.3 is 35.0 Å². The second kappa shape index (κ2) is 15.1. The lowest BCUT2D eigenvalue weighted by molar-refractivity contribution is -0.140. The molecular formula is C31H38FIN2O7. The molecule has 1 fully saturated rings. The number of methoxy groups -OCH3 is 1. The molecular weight excluding hydrogens is 658 g/mol. The van der Waals surface area contributed by atoms with Crippen LogP contribution in [0.15, 0.2) is 48.0 Å². The number of aliphatic hydroxyl groups excluding tert-OH is 3. The third kappa shape index (κ3) is 7.80. The van der Waals surface area contributed by atoms with Crippen molar-refractivity contribution in [2.75, 3.05) is 20.3 Å². The number of nitrogens with one attached hydrogen (secondary N) is 1. The van der Waals surface area contributed by atoms with Crippen molar-refractivity contribution in [1.29, 1.82) is 0 Å². The minimum absolute atomic E-state index is 0.0147. The molecule has 0 spiro atoms. The molecule has 3 atom stereocenters. The summed E-state index contributed by atoms with van der Waals surface area (Å²) in [6, 6.07) is 8.65. The van der Waals surface area contributed by atoms with Crippen LogP contribution in [0.4, 0.5) is 4.39 Å². The molecule has 4 rings (SSSR count).